The van der Waals surface area contributed by atoms with Crippen LogP contribution in [0.2, 0.25) is 0 Å². The second-order valence-electron chi connectivity index (χ2n) is 3.56. The highest BCUT2D eigenvalue weighted by Crippen LogP contribution is 2.18. The number of nitrogens with two attached hydrogens (primary N) is 1. The number of nitrogens with zero attached hydrogens (tertiary/aromatic N) is 2. The van der Waals surface area contributed by atoms with E-state index < -0.39 is 0 Å². The first-order valence-electron chi connectivity index (χ1n) is 5.17. The minimum absolute atomic E-state index is 0.679. The van der Waals surface area contributed by atoms with Gasteiger partial charge < -0.3 is 15.0 Å². The summed E-state index contributed by atoms with van der Waals surface area (Å²) in [7, 11) is 1.69. The number of rotatable bonds is 4. The summed E-state index contributed by atoms with van der Waals surface area (Å²) in [5.41, 5.74) is 7.48. The van der Waals surface area contributed by atoms with Gasteiger partial charge in [0.2, 0.25) is 0 Å². The van der Waals surface area contributed by atoms with Gasteiger partial charge in [0.05, 0.1) is 6.61 Å². The quantitative estimate of drug-likeness (QED) is 0.794. The van der Waals surface area contributed by atoms with Crippen LogP contribution in [-0.4, -0.2) is 23.3 Å². The Morgan fingerprint density at radius 2 is 2.06 bits per heavy atom. The Labute approximate surface area is 94.7 Å². The van der Waals surface area contributed by atoms with Crippen LogP contribution in [0.5, 0.6) is 0 Å². The molecule has 4 heteroatoms. The molecule has 0 saturated carbocycles. The minimum atomic E-state index is 0.679. The topological polar surface area (TPSA) is 53.1 Å². The van der Waals surface area contributed by atoms with E-state index >= 15 is 0 Å². The molecule has 0 unspecified atom stereocenters. The number of imidazole rings is 1. The SMILES string of the molecule is COCCn1ccnc1-c1ccc(N)cc1. The number of benzene rings is 1. The van der Waals surface area contributed by atoms with Crippen LogP contribution in [-0.2, 0) is 11.3 Å². The monoisotopic (exact) mass is 217 g/mol. The molecule has 0 fully saturated rings. The molecule has 0 amide bonds. The van der Waals surface area contributed by atoms with Crippen LogP contribution in [0.4, 0.5) is 5.69 Å². The maximum absolute atomic E-state index is 5.65. The van der Waals surface area contributed by atoms with Gasteiger partial charge in [0.1, 0.15) is 5.82 Å². The average molecular weight is 217 g/mol. The molecule has 1 aromatic heterocycles. The molecule has 0 atom stereocenters. The minimum Gasteiger partial charge on any atom is -0.399 e. The molecule has 0 spiro atoms. The Hall–Kier alpha value is -1.81. The molecular weight excluding hydrogens is 202 g/mol. The number of aromatic nitrogens is 2. The lowest BCUT2D eigenvalue weighted by atomic mass is 10.2. The van der Waals surface area contributed by atoms with Crippen molar-refractivity contribution < 1.29 is 4.74 Å². The Bertz CT molecular complexity index is 448. The van der Waals surface area contributed by atoms with Crippen molar-refractivity contribution in [2.45, 2.75) is 6.54 Å². The molecule has 1 heterocycles. The lowest BCUT2D eigenvalue weighted by molar-refractivity contribution is 0.187. The lowest BCUT2D eigenvalue weighted by Gasteiger charge is -2.07. The lowest BCUT2D eigenvalue weighted by Crippen LogP contribution is -2.04. The van der Waals surface area contributed by atoms with Crippen molar-refractivity contribution in [1.82, 2.24) is 9.55 Å². The summed E-state index contributed by atoms with van der Waals surface area (Å²) in [5, 5.41) is 0. The number of hydrogen-bond acceptors (Lipinski definition) is 3. The van der Waals surface area contributed by atoms with Crippen molar-refractivity contribution in [2.75, 3.05) is 19.5 Å². The summed E-state index contributed by atoms with van der Waals surface area (Å²) in [6.07, 6.45) is 3.74. The Morgan fingerprint density at radius 3 is 2.75 bits per heavy atom. The molecule has 16 heavy (non-hydrogen) atoms. The highest BCUT2D eigenvalue weighted by atomic mass is 16.5. The van der Waals surface area contributed by atoms with E-state index in [4.69, 9.17) is 10.5 Å². The van der Waals surface area contributed by atoms with Gasteiger partial charge in [-0.25, -0.2) is 4.98 Å². The Kier molecular flexibility index (Phi) is 3.22. The predicted octanol–water partition coefficient (Wildman–Crippen LogP) is 1.78. The standard InChI is InChI=1S/C12H15N3O/c1-16-9-8-15-7-6-14-12(15)10-2-4-11(13)5-3-10/h2-7H,8-9,13H2,1H3. The molecule has 84 valence electrons. The van der Waals surface area contributed by atoms with E-state index in [0.717, 1.165) is 23.6 Å². The van der Waals surface area contributed by atoms with Crippen molar-refractivity contribution in [1.29, 1.82) is 0 Å². The average Bonchev–Trinajstić information content (AvgIpc) is 2.75. The van der Waals surface area contributed by atoms with Crippen LogP contribution < -0.4 is 5.73 Å². The van der Waals surface area contributed by atoms with Gasteiger partial charge in [0.15, 0.2) is 0 Å². The molecule has 4 nitrogen and oxygen atoms in total. The molecule has 0 aliphatic rings. The van der Waals surface area contributed by atoms with Gasteiger partial charge in [-0.05, 0) is 24.3 Å². The van der Waals surface area contributed by atoms with Gasteiger partial charge in [-0.1, -0.05) is 0 Å². The predicted molar refractivity (Wildman–Crippen MR) is 64.0 cm³/mol. The summed E-state index contributed by atoms with van der Waals surface area (Å²) < 4.78 is 7.12. The molecule has 0 saturated heterocycles. The van der Waals surface area contributed by atoms with Crippen LogP contribution >= 0.6 is 0 Å². The van der Waals surface area contributed by atoms with Crippen molar-refractivity contribution >= 4 is 5.69 Å². The van der Waals surface area contributed by atoms with Crippen molar-refractivity contribution in [2.24, 2.45) is 0 Å². The summed E-state index contributed by atoms with van der Waals surface area (Å²) in [4.78, 5) is 4.34. The van der Waals surface area contributed by atoms with E-state index in [1.807, 2.05) is 30.5 Å². The molecule has 1 aromatic carbocycles. The first-order valence-corrected chi connectivity index (χ1v) is 5.17. The third kappa shape index (κ3) is 2.23. The number of anilines is 1. The molecule has 0 radical (unpaired) electrons. The normalized spacial score (nSPS) is 10.6. The van der Waals surface area contributed by atoms with Gasteiger partial charge in [0.25, 0.3) is 0 Å². The smallest absolute Gasteiger partial charge is 0.139 e. The van der Waals surface area contributed by atoms with E-state index in [0.29, 0.717) is 6.61 Å². The van der Waals surface area contributed by atoms with Crippen LogP contribution in [0.15, 0.2) is 36.7 Å². The maximum atomic E-state index is 5.65. The molecular formula is C12H15N3O. The summed E-state index contributed by atoms with van der Waals surface area (Å²) in [6.45, 7) is 1.48. The van der Waals surface area contributed by atoms with Gasteiger partial charge in [-0.15, -0.1) is 0 Å². The first kappa shape index (κ1) is 10.7. The Morgan fingerprint density at radius 1 is 1.31 bits per heavy atom. The van der Waals surface area contributed by atoms with Crippen LogP contribution in [0.1, 0.15) is 0 Å². The Balaban J connectivity index is 2.26. The number of nitrogen functional groups attached to an aromatic ring is 1. The van der Waals surface area contributed by atoms with Crippen molar-refractivity contribution in [3.8, 4) is 11.4 Å². The summed E-state index contributed by atoms with van der Waals surface area (Å²) in [6, 6.07) is 7.71. The van der Waals surface area contributed by atoms with E-state index in [2.05, 4.69) is 9.55 Å². The largest absolute Gasteiger partial charge is 0.399 e. The molecule has 0 aliphatic heterocycles. The van der Waals surface area contributed by atoms with Crippen LogP contribution in [0.3, 0.4) is 0 Å². The fourth-order valence-corrected chi connectivity index (χ4v) is 1.57. The maximum Gasteiger partial charge on any atom is 0.139 e. The van der Waals surface area contributed by atoms with Gasteiger partial charge in [0, 0.05) is 37.3 Å². The van der Waals surface area contributed by atoms with E-state index in [9.17, 15) is 0 Å². The third-order valence-electron chi connectivity index (χ3n) is 2.42. The molecule has 0 aliphatic carbocycles. The third-order valence-corrected chi connectivity index (χ3v) is 2.42. The molecule has 0 bridgehead atoms. The summed E-state index contributed by atoms with van der Waals surface area (Å²) >= 11 is 0. The zero-order valence-electron chi connectivity index (χ0n) is 9.26. The highest BCUT2D eigenvalue weighted by molar-refractivity contribution is 5.59. The second kappa shape index (κ2) is 4.81. The fourth-order valence-electron chi connectivity index (χ4n) is 1.57. The van der Waals surface area contributed by atoms with Crippen LogP contribution in [0, 0.1) is 0 Å². The molecule has 2 rings (SSSR count). The van der Waals surface area contributed by atoms with E-state index in [-0.39, 0.29) is 0 Å². The number of methoxy groups -OCH3 is 1. The van der Waals surface area contributed by atoms with Crippen LogP contribution in [0.25, 0.3) is 11.4 Å². The van der Waals surface area contributed by atoms with E-state index in [1.54, 1.807) is 13.3 Å². The first-order chi connectivity index (χ1) is 7.81. The van der Waals surface area contributed by atoms with Crippen molar-refractivity contribution in [3.05, 3.63) is 36.7 Å². The van der Waals surface area contributed by atoms with Crippen molar-refractivity contribution in [3.63, 3.8) is 0 Å². The number of ether oxygens (including phenoxy) is 1. The summed E-state index contributed by atoms with van der Waals surface area (Å²) in [5.74, 6) is 0.942. The zero-order chi connectivity index (χ0) is 11.4. The second-order valence-corrected chi connectivity index (χ2v) is 3.56. The van der Waals surface area contributed by atoms with Gasteiger partial charge in [-0.2, -0.15) is 0 Å². The zero-order valence-corrected chi connectivity index (χ0v) is 9.26. The number of hydrogen-bond donors (Lipinski definition) is 1. The molecule has 2 N–H and O–H groups in total. The van der Waals surface area contributed by atoms with Gasteiger partial charge >= 0.3 is 0 Å². The molecule has 2 aromatic rings. The highest BCUT2D eigenvalue weighted by Gasteiger charge is 2.04. The van der Waals surface area contributed by atoms with E-state index in [1.165, 1.54) is 0 Å². The van der Waals surface area contributed by atoms with Gasteiger partial charge in [-0.3, -0.25) is 0 Å². The fraction of sp³-hybridized carbons (Fsp3) is 0.250.